The first-order chi connectivity index (χ1) is 17.4. The Bertz CT molecular complexity index is 1430. The van der Waals surface area contributed by atoms with Crippen LogP contribution in [0.2, 0.25) is 5.02 Å². The first-order valence-corrected chi connectivity index (χ1v) is 13.9. The Balaban J connectivity index is 1.27. The summed E-state index contributed by atoms with van der Waals surface area (Å²) in [5.41, 5.74) is 1.59. The van der Waals surface area contributed by atoms with Crippen LogP contribution in [-0.2, 0) is 14.9 Å². The van der Waals surface area contributed by atoms with Crippen LogP contribution in [0.5, 0.6) is 5.75 Å². The molecule has 0 spiro atoms. The molecule has 0 saturated carbocycles. The number of amides is 1. The molecule has 3 aromatic carbocycles. The molecule has 1 fully saturated rings. The Hall–Kier alpha value is -3.27. The van der Waals surface area contributed by atoms with Gasteiger partial charge < -0.3 is 14.0 Å². The molecule has 0 radical (unpaired) electrons. The lowest BCUT2D eigenvalue weighted by Crippen LogP contribution is -2.47. The Kier molecular flexibility index (Phi) is 7.04. The Morgan fingerprint density at radius 3 is 2.22 bits per heavy atom. The highest BCUT2D eigenvalue weighted by Gasteiger charge is 2.29. The third-order valence-corrected chi connectivity index (χ3v) is 8.33. The largest absolute Gasteiger partial charge is 0.378 e. The molecule has 0 N–H and O–H groups in total. The minimum atomic E-state index is -4.01. The number of carbonyl (C=O) groups excluding carboxylic acids is 1. The van der Waals surface area contributed by atoms with E-state index in [0.29, 0.717) is 20.7 Å². The summed E-state index contributed by atoms with van der Waals surface area (Å²) in [6, 6.07) is 22.4. The standard InChI is InChI=1S/C26H22ClN3O4S2/c27-20-10-12-21(13-11-20)29-14-16-30(17-15-29)26-28-25(31)24(35-26)18-19-6-4-5-9-23(19)34-36(32,33)22-7-2-1-3-8-22/h1-13,18H,14-17H2. The van der Waals surface area contributed by atoms with Gasteiger partial charge in [-0.2, -0.15) is 13.4 Å². The van der Waals surface area contributed by atoms with Crippen molar-refractivity contribution in [2.75, 3.05) is 31.1 Å². The molecular weight excluding hydrogens is 518 g/mol. The third kappa shape index (κ3) is 5.43. The summed E-state index contributed by atoms with van der Waals surface area (Å²) in [6.45, 7) is 3.04. The van der Waals surface area contributed by atoms with Crippen molar-refractivity contribution in [3.05, 3.63) is 94.4 Å². The number of para-hydroxylation sites is 1. The van der Waals surface area contributed by atoms with E-state index in [1.807, 2.05) is 24.3 Å². The first kappa shape index (κ1) is 24.4. The maximum atomic E-state index is 12.7. The normalized spacial score (nSPS) is 17.4. The van der Waals surface area contributed by atoms with Crippen molar-refractivity contribution in [2.24, 2.45) is 4.99 Å². The number of nitrogens with zero attached hydrogens (tertiary/aromatic N) is 3. The summed E-state index contributed by atoms with van der Waals surface area (Å²) < 4.78 is 30.8. The number of carbonyl (C=O) groups is 1. The molecule has 2 aliphatic heterocycles. The zero-order valence-corrected chi connectivity index (χ0v) is 21.5. The monoisotopic (exact) mass is 539 g/mol. The smallest absolute Gasteiger partial charge is 0.339 e. The second-order valence-electron chi connectivity index (χ2n) is 8.15. The molecule has 10 heteroatoms. The molecule has 36 heavy (non-hydrogen) atoms. The summed E-state index contributed by atoms with van der Waals surface area (Å²) in [5, 5.41) is 1.36. The molecule has 0 aromatic heterocycles. The summed E-state index contributed by atoms with van der Waals surface area (Å²) >= 11 is 7.28. The van der Waals surface area contributed by atoms with Gasteiger partial charge in [0.2, 0.25) is 0 Å². The molecular formula is C26H22ClN3O4S2. The molecule has 1 saturated heterocycles. The predicted octanol–water partition coefficient (Wildman–Crippen LogP) is 4.90. The van der Waals surface area contributed by atoms with E-state index in [9.17, 15) is 13.2 Å². The molecule has 5 rings (SSSR count). The van der Waals surface area contributed by atoms with Crippen LogP contribution in [0.1, 0.15) is 5.56 Å². The second kappa shape index (κ2) is 10.4. The maximum absolute atomic E-state index is 12.7. The molecule has 2 aliphatic rings. The molecule has 3 aromatic rings. The van der Waals surface area contributed by atoms with Crippen LogP contribution in [0.25, 0.3) is 6.08 Å². The van der Waals surface area contributed by atoms with Gasteiger partial charge in [-0.25, -0.2) is 0 Å². The highest BCUT2D eigenvalue weighted by atomic mass is 35.5. The fraction of sp³-hybridized carbons (Fsp3) is 0.154. The SMILES string of the molecule is O=C1N=C(N2CCN(c3ccc(Cl)cc3)CC2)SC1=Cc1ccccc1OS(=O)(=O)c1ccccc1. The van der Waals surface area contributed by atoms with Gasteiger partial charge in [-0.1, -0.05) is 48.0 Å². The van der Waals surface area contributed by atoms with Gasteiger partial charge in [0.1, 0.15) is 10.6 Å². The van der Waals surface area contributed by atoms with Crippen molar-refractivity contribution >= 4 is 56.3 Å². The molecule has 0 bridgehead atoms. The molecule has 1 amide bonds. The molecule has 0 unspecified atom stereocenters. The number of piperazine rings is 1. The van der Waals surface area contributed by atoms with Crippen molar-refractivity contribution < 1.29 is 17.4 Å². The van der Waals surface area contributed by atoms with E-state index in [4.69, 9.17) is 15.8 Å². The fourth-order valence-electron chi connectivity index (χ4n) is 3.91. The quantitative estimate of drug-likeness (QED) is 0.337. The minimum absolute atomic E-state index is 0.0575. The number of hydrogen-bond donors (Lipinski definition) is 0. The minimum Gasteiger partial charge on any atom is -0.378 e. The third-order valence-electron chi connectivity index (χ3n) is 5.79. The van der Waals surface area contributed by atoms with E-state index in [2.05, 4.69) is 14.8 Å². The van der Waals surface area contributed by atoms with Crippen LogP contribution in [0.15, 0.2) is 93.7 Å². The van der Waals surface area contributed by atoms with Gasteiger partial charge >= 0.3 is 10.1 Å². The van der Waals surface area contributed by atoms with Crippen LogP contribution >= 0.6 is 23.4 Å². The molecule has 0 atom stereocenters. The number of thioether (sulfide) groups is 1. The zero-order chi connectivity index (χ0) is 25.1. The lowest BCUT2D eigenvalue weighted by Gasteiger charge is -2.36. The number of hydrogen-bond acceptors (Lipinski definition) is 7. The summed E-state index contributed by atoms with van der Waals surface area (Å²) in [7, 11) is -4.01. The lowest BCUT2D eigenvalue weighted by molar-refractivity contribution is -0.113. The maximum Gasteiger partial charge on any atom is 0.339 e. The van der Waals surface area contributed by atoms with Gasteiger partial charge in [0.15, 0.2) is 5.17 Å². The summed E-state index contributed by atoms with van der Waals surface area (Å²) in [5.74, 6) is -0.205. The van der Waals surface area contributed by atoms with Gasteiger partial charge in [0.25, 0.3) is 5.91 Å². The van der Waals surface area contributed by atoms with Gasteiger partial charge in [0.05, 0.1) is 4.91 Å². The van der Waals surface area contributed by atoms with E-state index >= 15 is 0 Å². The molecule has 184 valence electrons. The van der Waals surface area contributed by atoms with Crippen molar-refractivity contribution in [2.45, 2.75) is 4.90 Å². The number of halogens is 1. The van der Waals surface area contributed by atoms with E-state index in [0.717, 1.165) is 31.9 Å². The van der Waals surface area contributed by atoms with Crippen molar-refractivity contribution in [1.29, 1.82) is 0 Å². The number of rotatable bonds is 5. The lowest BCUT2D eigenvalue weighted by atomic mass is 10.2. The van der Waals surface area contributed by atoms with E-state index in [1.165, 1.54) is 23.9 Å². The van der Waals surface area contributed by atoms with Gasteiger partial charge in [0, 0.05) is 42.5 Å². The van der Waals surface area contributed by atoms with Crippen LogP contribution in [0, 0.1) is 0 Å². The average Bonchev–Trinajstić information content (AvgIpc) is 3.26. The molecule has 0 aliphatic carbocycles. The van der Waals surface area contributed by atoms with Crippen LogP contribution < -0.4 is 9.08 Å². The number of aliphatic imine (C=N–C) groups is 1. The van der Waals surface area contributed by atoms with Crippen molar-refractivity contribution in [1.82, 2.24) is 4.90 Å². The fourth-order valence-corrected chi connectivity index (χ4v) is 5.97. The number of amidine groups is 1. The highest BCUT2D eigenvalue weighted by molar-refractivity contribution is 8.18. The van der Waals surface area contributed by atoms with Crippen molar-refractivity contribution in [3.8, 4) is 5.75 Å². The van der Waals surface area contributed by atoms with Gasteiger partial charge in [-0.15, -0.1) is 0 Å². The molecule has 7 nitrogen and oxygen atoms in total. The van der Waals surface area contributed by atoms with E-state index in [1.54, 1.807) is 48.5 Å². The van der Waals surface area contributed by atoms with E-state index < -0.39 is 10.1 Å². The topological polar surface area (TPSA) is 79.3 Å². The second-order valence-corrected chi connectivity index (χ2v) is 11.1. The summed E-state index contributed by atoms with van der Waals surface area (Å²) in [4.78, 5) is 21.8. The van der Waals surface area contributed by atoms with Crippen molar-refractivity contribution in [3.63, 3.8) is 0 Å². The van der Waals surface area contributed by atoms with E-state index in [-0.39, 0.29) is 16.6 Å². The zero-order valence-electron chi connectivity index (χ0n) is 19.1. The Morgan fingerprint density at radius 1 is 0.861 bits per heavy atom. The van der Waals surface area contributed by atoms with Crippen LogP contribution in [-0.4, -0.2) is 50.6 Å². The average molecular weight is 540 g/mol. The number of benzene rings is 3. The van der Waals surface area contributed by atoms with Gasteiger partial charge in [-0.05, 0) is 60.3 Å². The predicted molar refractivity (Wildman–Crippen MR) is 144 cm³/mol. The summed E-state index contributed by atoms with van der Waals surface area (Å²) in [6.07, 6.45) is 1.63. The Morgan fingerprint density at radius 2 is 1.50 bits per heavy atom. The highest BCUT2D eigenvalue weighted by Crippen LogP contribution is 2.33. The number of anilines is 1. The molecule has 2 heterocycles. The van der Waals surface area contributed by atoms with Crippen LogP contribution in [0.3, 0.4) is 0 Å². The van der Waals surface area contributed by atoms with Gasteiger partial charge in [-0.3, -0.25) is 4.79 Å². The first-order valence-electron chi connectivity index (χ1n) is 11.3. The van der Waals surface area contributed by atoms with Crippen LogP contribution in [0.4, 0.5) is 5.69 Å². The Labute approximate surface area is 219 Å².